The number of amides is 1. The molecule has 78 valence electrons. The fourth-order valence-corrected chi connectivity index (χ4v) is 1.46. The van der Waals surface area contributed by atoms with E-state index < -0.39 is 0 Å². The predicted octanol–water partition coefficient (Wildman–Crippen LogP) is 1.37. The van der Waals surface area contributed by atoms with Gasteiger partial charge in [0.1, 0.15) is 5.69 Å². The predicted molar refractivity (Wildman–Crippen MR) is 59.5 cm³/mol. The molecule has 4 heteroatoms. The van der Waals surface area contributed by atoms with Gasteiger partial charge < -0.3 is 4.98 Å². The van der Waals surface area contributed by atoms with Gasteiger partial charge in [-0.3, -0.25) is 10.2 Å². The van der Waals surface area contributed by atoms with Crippen molar-refractivity contribution in [1.29, 1.82) is 0 Å². The lowest BCUT2D eigenvalue weighted by Gasteiger charge is -2.10. The number of carbonyl (C=O) groups is 1. The van der Waals surface area contributed by atoms with Crippen LogP contribution in [0.15, 0.2) is 30.3 Å². The third-order valence-electron chi connectivity index (χ3n) is 2.10. The molecule has 1 amide bonds. The fraction of sp³-hybridized carbons (Fsp3) is 0.182. The van der Waals surface area contributed by atoms with Crippen molar-refractivity contribution >= 4 is 16.8 Å². The fourth-order valence-electron chi connectivity index (χ4n) is 1.46. The van der Waals surface area contributed by atoms with Gasteiger partial charge >= 0.3 is 0 Å². The van der Waals surface area contributed by atoms with E-state index in [1.165, 1.54) is 0 Å². The average Bonchev–Trinajstić information content (AvgIpc) is 2.59. The second kappa shape index (κ2) is 3.74. The molecular weight excluding hydrogens is 190 g/mol. The number of nitrogens with zero attached hydrogens (tertiary/aromatic N) is 1. The molecule has 2 aromatic rings. The van der Waals surface area contributed by atoms with Crippen LogP contribution in [0.3, 0.4) is 0 Å². The Labute approximate surface area is 87.9 Å². The van der Waals surface area contributed by atoms with Crippen molar-refractivity contribution in [2.75, 3.05) is 14.1 Å². The SMILES string of the molecule is CN(C)NC(=O)c1cc2ccccc2[nH]1. The highest BCUT2D eigenvalue weighted by Crippen LogP contribution is 2.14. The second-order valence-corrected chi connectivity index (χ2v) is 3.61. The van der Waals surface area contributed by atoms with E-state index in [0.717, 1.165) is 10.9 Å². The highest BCUT2D eigenvalue weighted by atomic mass is 16.2. The van der Waals surface area contributed by atoms with Crippen LogP contribution in [0.2, 0.25) is 0 Å². The number of carbonyl (C=O) groups excluding carboxylic acids is 1. The molecule has 2 N–H and O–H groups in total. The average molecular weight is 203 g/mol. The van der Waals surface area contributed by atoms with Gasteiger partial charge in [0.25, 0.3) is 5.91 Å². The molecule has 0 atom stereocenters. The molecule has 2 rings (SSSR count). The van der Waals surface area contributed by atoms with Gasteiger partial charge in [-0.1, -0.05) is 18.2 Å². The number of aromatic nitrogens is 1. The zero-order valence-corrected chi connectivity index (χ0v) is 8.74. The Bertz CT molecular complexity index is 454. The number of benzene rings is 1. The number of nitrogens with one attached hydrogen (secondary N) is 2. The number of rotatable bonds is 2. The van der Waals surface area contributed by atoms with E-state index >= 15 is 0 Å². The van der Waals surface area contributed by atoms with Crippen LogP contribution < -0.4 is 5.43 Å². The highest BCUT2D eigenvalue weighted by Gasteiger charge is 2.08. The van der Waals surface area contributed by atoms with Crippen molar-refractivity contribution in [3.8, 4) is 0 Å². The summed E-state index contributed by atoms with van der Waals surface area (Å²) < 4.78 is 0. The minimum absolute atomic E-state index is 0.129. The lowest BCUT2D eigenvalue weighted by atomic mass is 10.2. The van der Waals surface area contributed by atoms with Crippen LogP contribution in [0.4, 0.5) is 0 Å². The molecule has 0 saturated carbocycles. The summed E-state index contributed by atoms with van der Waals surface area (Å²) in [7, 11) is 3.56. The smallest absolute Gasteiger partial charge is 0.281 e. The number of H-pyrrole nitrogens is 1. The van der Waals surface area contributed by atoms with Crippen molar-refractivity contribution in [3.63, 3.8) is 0 Å². The molecule has 0 aliphatic rings. The van der Waals surface area contributed by atoms with Crippen LogP contribution in [0.25, 0.3) is 10.9 Å². The number of hydrazine groups is 1. The molecule has 1 heterocycles. The summed E-state index contributed by atoms with van der Waals surface area (Å²) in [5.41, 5.74) is 4.23. The summed E-state index contributed by atoms with van der Waals surface area (Å²) in [6.45, 7) is 0. The Hall–Kier alpha value is -1.81. The largest absolute Gasteiger partial charge is 0.350 e. The molecule has 0 radical (unpaired) electrons. The first-order chi connectivity index (χ1) is 7.16. The third-order valence-corrected chi connectivity index (χ3v) is 2.10. The van der Waals surface area contributed by atoms with Gasteiger partial charge in [-0.15, -0.1) is 0 Å². The monoisotopic (exact) mass is 203 g/mol. The van der Waals surface area contributed by atoms with Gasteiger partial charge in [-0.05, 0) is 12.1 Å². The van der Waals surface area contributed by atoms with E-state index in [-0.39, 0.29) is 5.91 Å². The Kier molecular flexibility index (Phi) is 2.43. The van der Waals surface area contributed by atoms with Crippen LogP contribution in [-0.4, -0.2) is 30.0 Å². The normalized spacial score (nSPS) is 10.9. The molecule has 0 aliphatic heterocycles. The zero-order chi connectivity index (χ0) is 10.8. The minimum Gasteiger partial charge on any atom is -0.350 e. The number of hydrogen-bond acceptors (Lipinski definition) is 2. The Morgan fingerprint density at radius 1 is 1.33 bits per heavy atom. The van der Waals surface area contributed by atoms with Crippen LogP contribution in [0, 0.1) is 0 Å². The Morgan fingerprint density at radius 2 is 2.07 bits per heavy atom. The maximum absolute atomic E-state index is 11.6. The van der Waals surface area contributed by atoms with Crippen molar-refractivity contribution in [1.82, 2.24) is 15.4 Å². The molecule has 15 heavy (non-hydrogen) atoms. The van der Waals surface area contributed by atoms with Crippen LogP contribution in [0.5, 0.6) is 0 Å². The van der Waals surface area contributed by atoms with Crippen molar-refractivity contribution in [3.05, 3.63) is 36.0 Å². The van der Waals surface area contributed by atoms with Gasteiger partial charge in [-0.25, -0.2) is 5.01 Å². The van der Waals surface area contributed by atoms with Crippen molar-refractivity contribution in [2.24, 2.45) is 0 Å². The van der Waals surface area contributed by atoms with E-state index in [2.05, 4.69) is 10.4 Å². The number of hydrogen-bond donors (Lipinski definition) is 2. The molecule has 0 spiro atoms. The molecular formula is C11H13N3O. The maximum Gasteiger partial charge on any atom is 0.281 e. The first-order valence-corrected chi connectivity index (χ1v) is 4.73. The Balaban J connectivity index is 2.32. The van der Waals surface area contributed by atoms with Crippen LogP contribution in [-0.2, 0) is 0 Å². The number of fused-ring (bicyclic) bond motifs is 1. The summed E-state index contributed by atoms with van der Waals surface area (Å²) in [5.74, 6) is -0.129. The summed E-state index contributed by atoms with van der Waals surface area (Å²) in [6.07, 6.45) is 0. The second-order valence-electron chi connectivity index (χ2n) is 3.61. The summed E-state index contributed by atoms with van der Waals surface area (Å²) in [5, 5.41) is 2.66. The van der Waals surface area contributed by atoms with E-state index in [1.807, 2.05) is 30.3 Å². The summed E-state index contributed by atoms with van der Waals surface area (Å²) >= 11 is 0. The highest BCUT2D eigenvalue weighted by molar-refractivity contribution is 5.97. The van der Waals surface area contributed by atoms with E-state index in [0.29, 0.717) is 5.69 Å². The minimum atomic E-state index is -0.129. The van der Waals surface area contributed by atoms with Crippen LogP contribution >= 0.6 is 0 Å². The third kappa shape index (κ3) is 1.99. The van der Waals surface area contributed by atoms with E-state index in [4.69, 9.17) is 0 Å². The van der Waals surface area contributed by atoms with Gasteiger partial charge in [0.05, 0.1) is 0 Å². The molecule has 1 aromatic heterocycles. The van der Waals surface area contributed by atoms with Crippen LogP contribution in [0.1, 0.15) is 10.5 Å². The number of para-hydroxylation sites is 1. The van der Waals surface area contributed by atoms with Gasteiger partial charge in [0.2, 0.25) is 0 Å². The lowest BCUT2D eigenvalue weighted by Crippen LogP contribution is -2.36. The molecule has 0 aliphatic carbocycles. The van der Waals surface area contributed by atoms with E-state index in [9.17, 15) is 4.79 Å². The number of aromatic amines is 1. The van der Waals surface area contributed by atoms with Gasteiger partial charge in [-0.2, -0.15) is 0 Å². The summed E-state index contributed by atoms with van der Waals surface area (Å²) in [6, 6.07) is 9.64. The summed E-state index contributed by atoms with van der Waals surface area (Å²) in [4.78, 5) is 14.7. The first-order valence-electron chi connectivity index (χ1n) is 4.73. The van der Waals surface area contributed by atoms with Gasteiger partial charge in [0, 0.05) is 25.0 Å². The molecule has 0 saturated heterocycles. The van der Waals surface area contributed by atoms with Gasteiger partial charge in [0.15, 0.2) is 0 Å². The molecule has 4 nitrogen and oxygen atoms in total. The standard InChI is InChI=1S/C11H13N3O/c1-14(2)13-11(15)10-7-8-5-3-4-6-9(8)12-10/h3-7,12H,1-2H3,(H,13,15). The molecule has 1 aromatic carbocycles. The van der Waals surface area contributed by atoms with Crippen molar-refractivity contribution in [2.45, 2.75) is 0 Å². The quantitative estimate of drug-likeness (QED) is 0.724. The maximum atomic E-state index is 11.6. The zero-order valence-electron chi connectivity index (χ0n) is 8.74. The topological polar surface area (TPSA) is 48.1 Å². The first kappa shape index (κ1) is 9.73. The Morgan fingerprint density at radius 3 is 2.73 bits per heavy atom. The molecule has 0 bridgehead atoms. The molecule has 0 fully saturated rings. The lowest BCUT2D eigenvalue weighted by molar-refractivity contribution is 0.0852. The van der Waals surface area contributed by atoms with Crippen molar-refractivity contribution < 1.29 is 4.79 Å². The molecule has 0 unspecified atom stereocenters. The van der Waals surface area contributed by atoms with E-state index in [1.54, 1.807) is 19.1 Å².